The Morgan fingerprint density at radius 2 is 2.00 bits per heavy atom. The maximum absolute atomic E-state index is 6.07. The molecule has 1 heterocycles. The highest BCUT2D eigenvalue weighted by molar-refractivity contribution is 6.37. The van der Waals surface area contributed by atoms with Crippen molar-refractivity contribution < 1.29 is 4.74 Å². The molecule has 0 saturated heterocycles. The van der Waals surface area contributed by atoms with Crippen molar-refractivity contribution in [1.29, 1.82) is 0 Å². The minimum Gasteiger partial charge on any atom is -0.383 e. The molecule has 0 spiro atoms. The van der Waals surface area contributed by atoms with Gasteiger partial charge >= 0.3 is 0 Å². The van der Waals surface area contributed by atoms with Crippen molar-refractivity contribution in [2.24, 2.45) is 0 Å². The van der Waals surface area contributed by atoms with E-state index in [0.717, 1.165) is 6.54 Å². The lowest BCUT2D eigenvalue weighted by Crippen LogP contribution is -2.22. The Labute approximate surface area is 112 Å². The van der Waals surface area contributed by atoms with Gasteiger partial charge in [-0.25, -0.2) is 4.98 Å². The van der Waals surface area contributed by atoms with Gasteiger partial charge in [-0.2, -0.15) is 0 Å². The Balaban J connectivity index is 2.87. The van der Waals surface area contributed by atoms with Crippen molar-refractivity contribution in [3.05, 3.63) is 16.1 Å². The predicted octanol–water partition coefficient (Wildman–Crippen LogP) is 3.27. The highest BCUT2D eigenvalue weighted by Crippen LogP contribution is 2.29. The second-order valence-electron chi connectivity index (χ2n) is 3.68. The molecule has 0 aromatic carbocycles. The van der Waals surface area contributed by atoms with Crippen LogP contribution in [0.25, 0.3) is 0 Å². The third-order valence-electron chi connectivity index (χ3n) is 2.07. The van der Waals surface area contributed by atoms with E-state index in [4.69, 9.17) is 27.9 Å². The summed E-state index contributed by atoms with van der Waals surface area (Å²) in [4.78, 5) is 4.34. The van der Waals surface area contributed by atoms with Crippen LogP contribution in [0.1, 0.15) is 13.8 Å². The van der Waals surface area contributed by atoms with Crippen LogP contribution in [0.4, 0.5) is 11.6 Å². The van der Waals surface area contributed by atoms with Gasteiger partial charge in [-0.1, -0.05) is 23.2 Å². The number of hydrogen-bond acceptors (Lipinski definition) is 4. The fraction of sp³-hybridized carbons (Fsp3) is 0.545. The predicted molar refractivity (Wildman–Crippen MR) is 73.4 cm³/mol. The largest absolute Gasteiger partial charge is 0.383 e. The first kappa shape index (κ1) is 14.4. The summed E-state index contributed by atoms with van der Waals surface area (Å²) in [6.45, 7) is 5.30. The van der Waals surface area contributed by atoms with Gasteiger partial charge in [-0.05, 0) is 19.9 Å². The number of halogens is 2. The van der Waals surface area contributed by atoms with E-state index in [-0.39, 0.29) is 6.04 Å². The van der Waals surface area contributed by atoms with Crippen LogP contribution in [0.3, 0.4) is 0 Å². The first-order chi connectivity index (χ1) is 8.08. The molecule has 1 rings (SSSR count). The van der Waals surface area contributed by atoms with Gasteiger partial charge in [-0.15, -0.1) is 0 Å². The third kappa shape index (κ3) is 4.22. The lowest BCUT2D eigenvalue weighted by atomic mass is 10.3. The monoisotopic (exact) mass is 277 g/mol. The molecule has 0 radical (unpaired) electrons. The Bertz CT molecular complexity index is 374. The molecule has 2 N–H and O–H groups in total. The Hall–Kier alpha value is -0.710. The van der Waals surface area contributed by atoms with Crippen molar-refractivity contribution in [3.63, 3.8) is 0 Å². The van der Waals surface area contributed by atoms with Crippen LogP contribution >= 0.6 is 23.2 Å². The standard InChI is InChI=1S/C11H17Cl2N3O/c1-4-14-10-8(12)5-9(13)11(16-10)15-7(2)6-17-3/h5,7H,4,6H2,1-3H3,(H2,14,15,16). The minimum atomic E-state index is 0.126. The molecule has 1 unspecified atom stereocenters. The number of rotatable bonds is 6. The summed E-state index contributed by atoms with van der Waals surface area (Å²) in [5.41, 5.74) is 0. The van der Waals surface area contributed by atoms with E-state index in [1.165, 1.54) is 0 Å². The summed E-state index contributed by atoms with van der Waals surface area (Å²) in [7, 11) is 1.65. The second kappa shape index (κ2) is 6.89. The summed E-state index contributed by atoms with van der Waals surface area (Å²) in [5, 5.41) is 7.26. The number of hydrogen-bond donors (Lipinski definition) is 2. The molecule has 0 aliphatic heterocycles. The maximum Gasteiger partial charge on any atom is 0.147 e. The van der Waals surface area contributed by atoms with Crippen molar-refractivity contribution >= 4 is 34.8 Å². The smallest absolute Gasteiger partial charge is 0.147 e. The van der Waals surface area contributed by atoms with Crippen LogP contribution in [-0.2, 0) is 4.74 Å². The molecular formula is C11H17Cl2N3O. The minimum absolute atomic E-state index is 0.126. The molecule has 0 aliphatic carbocycles. The molecule has 4 nitrogen and oxygen atoms in total. The van der Waals surface area contributed by atoms with Crippen molar-refractivity contribution in [2.75, 3.05) is 30.9 Å². The molecule has 1 atom stereocenters. The lowest BCUT2D eigenvalue weighted by Gasteiger charge is -2.16. The fourth-order valence-corrected chi connectivity index (χ4v) is 1.86. The van der Waals surface area contributed by atoms with Gasteiger partial charge in [0.05, 0.1) is 16.7 Å². The van der Waals surface area contributed by atoms with E-state index in [9.17, 15) is 0 Å². The number of aromatic nitrogens is 1. The van der Waals surface area contributed by atoms with Gasteiger partial charge in [0, 0.05) is 19.7 Å². The molecule has 6 heteroatoms. The summed E-state index contributed by atoms with van der Waals surface area (Å²) in [6.07, 6.45) is 0. The van der Waals surface area contributed by atoms with Crippen LogP contribution in [-0.4, -0.2) is 31.3 Å². The third-order valence-corrected chi connectivity index (χ3v) is 2.65. The summed E-state index contributed by atoms with van der Waals surface area (Å²) in [5.74, 6) is 1.24. The summed E-state index contributed by atoms with van der Waals surface area (Å²) >= 11 is 12.1. The van der Waals surface area contributed by atoms with Gasteiger partial charge in [0.15, 0.2) is 0 Å². The van der Waals surface area contributed by atoms with Crippen LogP contribution in [0.5, 0.6) is 0 Å². The summed E-state index contributed by atoms with van der Waals surface area (Å²) in [6, 6.07) is 1.80. The maximum atomic E-state index is 6.07. The van der Waals surface area contributed by atoms with Crippen LogP contribution in [0.2, 0.25) is 10.0 Å². The first-order valence-corrected chi connectivity index (χ1v) is 6.19. The molecule has 1 aromatic heterocycles. The molecule has 0 aliphatic rings. The van der Waals surface area contributed by atoms with E-state index < -0.39 is 0 Å². The second-order valence-corrected chi connectivity index (χ2v) is 4.49. The highest BCUT2D eigenvalue weighted by atomic mass is 35.5. The zero-order valence-corrected chi connectivity index (χ0v) is 11.7. The van der Waals surface area contributed by atoms with E-state index in [1.54, 1.807) is 13.2 Å². The van der Waals surface area contributed by atoms with Gasteiger partial charge in [0.2, 0.25) is 0 Å². The molecule has 0 fully saturated rings. The van der Waals surface area contributed by atoms with Crippen molar-refractivity contribution in [3.8, 4) is 0 Å². The zero-order chi connectivity index (χ0) is 12.8. The zero-order valence-electron chi connectivity index (χ0n) is 10.2. The van der Waals surface area contributed by atoms with Crippen molar-refractivity contribution in [1.82, 2.24) is 4.98 Å². The summed E-state index contributed by atoms with van der Waals surface area (Å²) < 4.78 is 5.04. The molecule has 1 aromatic rings. The van der Waals surface area contributed by atoms with Gasteiger partial charge in [0.1, 0.15) is 11.6 Å². The van der Waals surface area contributed by atoms with Crippen molar-refractivity contribution in [2.45, 2.75) is 19.9 Å². The van der Waals surface area contributed by atoms with E-state index >= 15 is 0 Å². The lowest BCUT2D eigenvalue weighted by molar-refractivity contribution is 0.190. The quantitative estimate of drug-likeness (QED) is 0.838. The Morgan fingerprint density at radius 1 is 1.35 bits per heavy atom. The molecular weight excluding hydrogens is 261 g/mol. The van der Waals surface area contributed by atoms with Gasteiger partial charge in [-0.3, -0.25) is 0 Å². The molecule has 17 heavy (non-hydrogen) atoms. The SMILES string of the molecule is CCNc1nc(NC(C)COC)c(Cl)cc1Cl. The number of pyridine rings is 1. The highest BCUT2D eigenvalue weighted by Gasteiger charge is 2.11. The topological polar surface area (TPSA) is 46.2 Å². The van der Waals surface area contributed by atoms with Crippen LogP contribution < -0.4 is 10.6 Å². The normalized spacial score (nSPS) is 12.3. The average Bonchev–Trinajstić information content (AvgIpc) is 2.25. The first-order valence-electron chi connectivity index (χ1n) is 5.43. The Morgan fingerprint density at radius 3 is 2.59 bits per heavy atom. The fourth-order valence-electron chi connectivity index (χ4n) is 1.38. The van der Waals surface area contributed by atoms with E-state index in [2.05, 4.69) is 15.6 Å². The molecule has 0 amide bonds. The van der Waals surface area contributed by atoms with E-state index in [1.807, 2.05) is 13.8 Å². The van der Waals surface area contributed by atoms with Gasteiger partial charge in [0.25, 0.3) is 0 Å². The number of nitrogens with one attached hydrogen (secondary N) is 2. The number of ether oxygens (including phenoxy) is 1. The number of anilines is 2. The molecule has 0 saturated carbocycles. The number of nitrogens with zero attached hydrogens (tertiary/aromatic N) is 1. The van der Waals surface area contributed by atoms with E-state index in [0.29, 0.717) is 28.3 Å². The molecule has 0 bridgehead atoms. The van der Waals surface area contributed by atoms with Crippen LogP contribution in [0, 0.1) is 0 Å². The Kier molecular flexibility index (Phi) is 5.82. The van der Waals surface area contributed by atoms with Crippen LogP contribution in [0.15, 0.2) is 6.07 Å². The molecule has 96 valence electrons. The number of methoxy groups -OCH3 is 1. The van der Waals surface area contributed by atoms with Gasteiger partial charge < -0.3 is 15.4 Å². The average molecular weight is 278 g/mol.